The molecular formula is C19H19ClN4O2. The number of aliphatic hydroxyl groups excluding tert-OH is 1. The summed E-state index contributed by atoms with van der Waals surface area (Å²) in [6, 6.07) is 15.0. The Morgan fingerprint density at radius 1 is 1.23 bits per heavy atom. The van der Waals surface area contributed by atoms with Crippen LogP contribution in [0.1, 0.15) is 28.9 Å². The van der Waals surface area contributed by atoms with Crippen LogP contribution in [-0.2, 0) is 17.6 Å². The summed E-state index contributed by atoms with van der Waals surface area (Å²) in [7, 11) is 0. The van der Waals surface area contributed by atoms with Gasteiger partial charge in [-0.1, -0.05) is 48.0 Å². The maximum absolute atomic E-state index is 11.3. The molecular weight excluding hydrogens is 352 g/mol. The molecule has 1 unspecified atom stereocenters. The van der Waals surface area contributed by atoms with Gasteiger partial charge in [0, 0.05) is 11.4 Å². The molecule has 0 saturated heterocycles. The molecule has 0 saturated carbocycles. The van der Waals surface area contributed by atoms with Crippen LogP contribution in [0.15, 0.2) is 48.5 Å². The lowest BCUT2D eigenvalue weighted by Crippen LogP contribution is -2.14. The zero-order chi connectivity index (χ0) is 18.7. The van der Waals surface area contributed by atoms with E-state index in [0.29, 0.717) is 23.0 Å². The average Bonchev–Trinajstić information content (AvgIpc) is 3.01. The van der Waals surface area contributed by atoms with E-state index in [-0.39, 0.29) is 12.2 Å². The van der Waals surface area contributed by atoms with E-state index in [1.165, 1.54) is 4.68 Å². The van der Waals surface area contributed by atoms with Gasteiger partial charge in [-0.2, -0.15) is 5.10 Å². The molecule has 0 spiro atoms. The summed E-state index contributed by atoms with van der Waals surface area (Å²) >= 11 is 6.22. The van der Waals surface area contributed by atoms with Crippen LogP contribution >= 0.6 is 11.6 Å². The van der Waals surface area contributed by atoms with Crippen LogP contribution in [-0.4, -0.2) is 25.8 Å². The number of carbonyl (C=O) groups excluding carboxylic acids is 1. The van der Waals surface area contributed by atoms with Crippen molar-refractivity contribution in [2.75, 3.05) is 0 Å². The third-order valence-corrected chi connectivity index (χ3v) is 4.46. The van der Waals surface area contributed by atoms with E-state index < -0.39 is 12.0 Å². The van der Waals surface area contributed by atoms with Crippen LogP contribution in [0.2, 0.25) is 5.02 Å². The molecule has 2 aromatic carbocycles. The summed E-state index contributed by atoms with van der Waals surface area (Å²) in [5.74, 6) is 0.0727. The average molecular weight is 371 g/mol. The fourth-order valence-corrected chi connectivity index (χ4v) is 2.92. The first-order valence-corrected chi connectivity index (χ1v) is 8.55. The zero-order valence-electron chi connectivity index (χ0n) is 14.3. The van der Waals surface area contributed by atoms with Crippen LogP contribution in [0, 0.1) is 6.92 Å². The fourth-order valence-electron chi connectivity index (χ4n) is 2.75. The van der Waals surface area contributed by atoms with Crippen LogP contribution in [0.4, 0.5) is 0 Å². The summed E-state index contributed by atoms with van der Waals surface area (Å²) in [5.41, 5.74) is 7.73. The Morgan fingerprint density at radius 2 is 1.96 bits per heavy atom. The third-order valence-electron chi connectivity index (χ3n) is 4.05. The SMILES string of the molecule is Cc1c(Cl)cccc1-n1nc(CC(N)=O)nc1C(O)Cc1ccccc1. The van der Waals surface area contributed by atoms with Crippen LogP contribution in [0.3, 0.4) is 0 Å². The minimum atomic E-state index is -0.898. The van der Waals surface area contributed by atoms with Crippen LogP contribution < -0.4 is 5.73 Å². The van der Waals surface area contributed by atoms with Gasteiger partial charge >= 0.3 is 0 Å². The van der Waals surface area contributed by atoms with E-state index in [0.717, 1.165) is 11.1 Å². The van der Waals surface area contributed by atoms with E-state index in [2.05, 4.69) is 10.1 Å². The molecule has 0 bridgehead atoms. The van der Waals surface area contributed by atoms with E-state index in [9.17, 15) is 9.90 Å². The number of halogens is 1. The quantitative estimate of drug-likeness (QED) is 0.697. The highest BCUT2D eigenvalue weighted by Crippen LogP contribution is 2.26. The summed E-state index contributed by atoms with van der Waals surface area (Å²) in [5, 5.41) is 15.7. The number of rotatable bonds is 6. The van der Waals surface area contributed by atoms with Crippen molar-refractivity contribution in [1.29, 1.82) is 0 Å². The Hall–Kier alpha value is -2.70. The molecule has 134 valence electrons. The number of carbonyl (C=O) groups is 1. The molecule has 3 rings (SSSR count). The predicted octanol–water partition coefficient (Wildman–Crippen LogP) is 2.53. The smallest absolute Gasteiger partial charge is 0.225 e. The van der Waals surface area contributed by atoms with Gasteiger partial charge in [0.2, 0.25) is 5.91 Å². The van der Waals surface area contributed by atoms with E-state index in [1.54, 1.807) is 12.1 Å². The van der Waals surface area contributed by atoms with E-state index in [1.807, 2.05) is 43.3 Å². The molecule has 0 fully saturated rings. The van der Waals surface area contributed by atoms with Gasteiger partial charge in [-0.05, 0) is 30.2 Å². The molecule has 7 heteroatoms. The lowest BCUT2D eigenvalue weighted by molar-refractivity contribution is -0.117. The van der Waals surface area contributed by atoms with Gasteiger partial charge in [-0.25, -0.2) is 9.67 Å². The predicted molar refractivity (Wildman–Crippen MR) is 99.1 cm³/mol. The standard InChI is InChI=1S/C19H19ClN4O2/c1-12-14(20)8-5-9-15(12)24-19(22-18(23-24)11-17(21)26)16(25)10-13-6-3-2-4-7-13/h2-9,16,25H,10-11H2,1H3,(H2,21,26). The van der Waals surface area contributed by atoms with Gasteiger partial charge in [0.1, 0.15) is 6.10 Å². The number of nitrogens with zero attached hydrogens (tertiary/aromatic N) is 3. The number of hydrogen-bond donors (Lipinski definition) is 2. The molecule has 0 aliphatic carbocycles. The summed E-state index contributed by atoms with van der Waals surface area (Å²) in [4.78, 5) is 15.6. The Morgan fingerprint density at radius 3 is 2.65 bits per heavy atom. The maximum Gasteiger partial charge on any atom is 0.225 e. The normalized spacial score (nSPS) is 12.1. The molecule has 6 nitrogen and oxygen atoms in total. The van der Waals surface area contributed by atoms with Crippen molar-refractivity contribution in [2.24, 2.45) is 5.73 Å². The minimum absolute atomic E-state index is 0.0995. The lowest BCUT2D eigenvalue weighted by Gasteiger charge is -2.14. The molecule has 1 heterocycles. The molecule has 1 atom stereocenters. The van der Waals surface area contributed by atoms with Crippen molar-refractivity contribution in [1.82, 2.24) is 14.8 Å². The number of nitrogens with two attached hydrogens (primary N) is 1. The number of hydrogen-bond acceptors (Lipinski definition) is 4. The topological polar surface area (TPSA) is 94.0 Å². The first kappa shape index (κ1) is 18.1. The second-order valence-electron chi connectivity index (χ2n) is 6.03. The molecule has 3 N–H and O–H groups in total. The first-order chi connectivity index (χ1) is 12.5. The molecule has 0 aliphatic heterocycles. The van der Waals surface area contributed by atoms with Crippen molar-refractivity contribution in [2.45, 2.75) is 25.9 Å². The molecule has 0 aliphatic rings. The van der Waals surface area contributed by atoms with E-state index >= 15 is 0 Å². The monoisotopic (exact) mass is 370 g/mol. The number of primary amides is 1. The molecule has 1 aromatic heterocycles. The third kappa shape index (κ3) is 3.92. The van der Waals surface area contributed by atoms with Gasteiger partial charge in [-0.3, -0.25) is 4.79 Å². The lowest BCUT2D eigenvalue weighted by atomic mass is 10.1. The Kier molecular flexibility index (Phi) is 5.35. The molecule has 26 heavy (non-hydrogen) atoms. The number of benzene rings is 2. The molecule has 1 amide bonds. The summed E-state index contributed by atoms with van der Waals surface area (Å²) in [6.45, 7) is 1.86. The highest BCUT2D eigenvalue weighted by molar-refractivity contribution is 6.31. The van der Waals surface area contributed by atoms with Crippen molar-refractivity contribution >= 4 is 17.5 Å². The van der Waals surface area contributed by atoms with Gasteiger partial charge in [0.05, 0.1) is 12.1 Å². The van der Waals surface area contributed by atoms with Crippen molar-refractivity contribution in [3.63, 3.8) is 0 Å². The van der Waals surface area contributed by atoms with Crippen molar-refractivity contribution < 1.29 is 9.90 Å². The minimum Gasteiger partial charge on any atom is -0.385 e. The summed E-state index contributed by atoms with van der Waals surface area (Å²) in [6.07, 6.45) is -0.628. The van der Waals surface area contributed by atoms with Crippen LogP contribution in [0.5, 0.6) is 0 Å². The van der Waals surface area contributed by atoms with E-state index in [4.69, 9.17) is 17.3 Å². The first-order valence-electron chi connectivity index (χ1n) is 8.17. The van der Waals surface area contributed by atoms with Gasteiger partial charge in [0.25, 0.3) is 0 Å². The number of amides is 1. The number of aliphatic hydroxyl groups is 1. The highest BCUT2D eigenvalue weighted by Gasteiger charge is 2.21. The summed E-state index contributed by atoms with van der Waals surface area (Å²) < 4.78 is 1.53. The van der Waals surface area contributed by atoms with Crippen LogP contribution in [0.25, 0.3) is 5.69 Å². The Balaban J connectivity index is 2.03. The van der Waals surface area contributed by atoms with Crippen molar-refractivity contribution in [3.05, 3.63) is 76.3 Å². The maximum atomic E-state index is 11.3. The Bertz CT molecular complexity index is 925. The van der Waals surface area contributed by atoms with Gasteiger partial charge < -0.3 is 10.8 Å². The second-order valence-corrected chi connectivity index (χ2v) is 6.44. The second kappa shape index (κ2) is 7.68. The number of aromatic nitrogens is 3. The Labute approximate surface area is 156 Å². The zero-order valence-corrected chi connectivity index (χ0v) is 15.0. The van der Waals surface area contributed by atoms with Gasteiger partial charge in [0.15, 0.2) is 11.6 Å². The highest BCUT2D eigenvalue weighted by atomic mass is 35.5. The van der Waals surface area contributed by atoms with Gasteiger partial charge in [-0.15, -0.1) is 0 Å². The van der Waals surface area contributed by atoms with Crippen molar-refractivity contribution in [3.8, 4) is 5.69 Å². The molecule has 3 aromatic rings. The largest absolute Gasteiger partial charge is 0.385 e. The fraction of sp³-hybridized carbons (Fsp3) is 0.211. The molecule has 0 radical (unpaired) electrons.